The highest BCUT2D eigenvalue weighted by molar-refractivity contribution is 5.91. The van der Waals surface area contributed by atoms with Crippen LogP contribution in [0.2, 0.25) is 0 Å². The zero-order valence-corrected chi connectivity index (χ0v) is 12.4. The molecule has 0 atom stereocenters. The summed E-state index contributed by atoms with van der Waals surface area (Å²) in [6.45, 7) is 2.62. The molecule has 0 aliphatic carbocycles. The number of hydrogen-bond donors (Lipinski definition) is 1. The lowest BCUT2D eigenvalue weighted by atomic mass is 10.2. The van der Waals surface area contributed by atoms with Crippen LogP contribution in [-0.2, 0) is 0 Å². The average molecular weight is 302 g/mol. The Labute approximate surface area is 128 Å². The van der Waals surface area contributed by atoms with Gasteiger partial charge < -0.3 is 24.1 Å². The third-order valence-electron chi connectivity index (χ3n) is 3.54. The first kappa shape index (κ1) is 14.3. The summed E-state index contributed by atoms with van der Waals surface area (Å²) >= 11 is 0. The molecule has 0 radical (unpaired) electrons. The monoisotopic (exact) mass is 302 g/mol. The lowest BCUT2D eigenvalue weighted by Crippen LogP contribution is -2.39. The van der Waals surface area contributed by atoms with Crippen molar-refractivity contribution in [2.24, 2.45) is 0 Å². The number of amides is 1. The first-order chi connectivity index (χ1) is 10.8. The van der Waals surface area contributed by atoms with Crippen LogP contribution in [0.15, 0.2) is 41.0 Å². The zero-order valence-electron chi connectivity index (χ0n) is 12.4. The van der Waals surface area contributed by atoms with Crippen molar-refractivity contribution in [2.45, 2.75) is 0 Å². The Morgan fingerprint density at radius 2 is 2.32 bits per heavy atom. The zero-order chi connectivity index (χ0) is 15.4. The number of rotatable bonds is 5. The molecule has 1 aliphatic rings. The van der Waals surface area contributed by atoms with Gasteiger partial charge in [0.05, 0.1) is 25.6 Å². The van der Waals surface area contributed by atoms with Gasteiger partial charge in [0.25, 0.3) is 5.91 Å². The maximum absolute atomic E-state index is 11.8. The highest BCUT2D eigenvalue weighted by Crippen LogP contribution is 2.34. The number of ether oxygens (including phenoxy) is 2. The number of carbonyl (C=O) groups is 1. The van der Waals surface area contributed by atoms with Crippen LogP contribution in [-0.4, -0.2) is 39.3 Å². The van der Waals surface area contributed by atoms with Gasteiger partial charge in [0, 0.05) is 19.2 Å². The van der Waals surface area contributed by atoms with Crippen LogP contribution in [0.5, 0.6) is 11.5 Å². The van der Waals surface area contributed by atoms with E-state index in [0.717, 1.165) is 23.7 Å². The minimum Gasteiger partial charge on any atom is -0.497 e. The van der Waals surface area contributed by atoms with Crippen molar-refractivity contribution in [3.8, 4) is 11.5 Å². The molecule has 6 heteroatoms. The van der Waals surface area contributed by atoms with E-state index in [9.17, 15) is 4.79 Å². The molecule has 0 saturated carbocycles. The number of nitrogens with one attached hydrogen (secondary N) is 1. The Hall–Kier alpha value is -2.63. The number of benzene rings is 1. The summed E-state index contributed by atoms with van der Waals surface area (Å²) in [6, 6.07) is 9.06. The number of carbonyl (C=O) groups excluding carboxylic acids is 1. The molecule has 0 spiro atoms. The molecule has 0 saturated heterocycles. The molecule has 116 valence electrons. The van der Waals surface area contributed by atoms with Gasteiger partial charge in [0.1, 0.15) is 18.1 Å². The van der Waals surface area contributed by atoms with Gasteiger partial charge in [-0.3, -0.25) is 4.79 Å². The smallest absolute Gasteiger partial charge is 0.287 e. The third kappa shape index (κ3) is 3.00. The molecule has 0 fully saturated rings. The van der Waals surface area contributed by atoms with E-state index in [1.54, 1.807) is 19.2 Å². The molecule has 1 N–H and O–H groups in total. The van der Waals surface area contributed by atoms with Crippen LogP contribution in [0.25, 0.3) is 0 Å². The van der Waals surface area contributed by atoms with Gasteiger partial charge >= 0.3 is 0 Å². The van der Waals surface area contributed by atoms with Crippen LogP contribution < -0.4 is 19.7 Å². The van der Waals surface area contributed by atoms with E-state index in [4.69, 9.17) is 13.9 Å². The summed E-state index contributed by atoms with van der Waals surface area (Å²) in [6.07, 6.45) is 1.49. The molecule has 2 heterocycles. The molecule has 1 amide bonds. The molecule has 22 heavy (non-hydrogen) atoms. The highest BCUT2D eigenvalue weighted by atomic mass is 16.5. The summed E-state index contributed by atoms with van der Waals surface area (Å²) in [5, 5.41) is 2.85. The van der Waals surface area contributed by atoms with Crippen LogP contribution in [0, 0.1) is 0 Å². The van der Waals surface area contributed by atoms with E-state index in [0.29, 0.717) is 25.5 Å². The molecule has 0 unspecified atom stereocenters. The molecule has 3 rings (SSSR count). The van der Waals surface area contributed by atoms with Gasteiger partial charge in [-0.15, -0.1) is 0 Å². The second kappa shape index (κ2) is 6.43. The summed E-state index contributed by atoms with van der Waals surface area (Å²) in [5.74, 6) is 1.74. The second-order valence-corrected chi connectivity index (χ2v) is 4.90. The fourth-order valence-corrected chi connectivity index (χ4v) is 2.41. The van der Waals surface area contributed by atoms with Crippen LogP contribution in [0.1, 0.15) is 10.6 Å². The second-order valence-electron chi connectivity index (χ2n) is 4.90. The van der Waals surface area contributed by atoms with E-state index in [1.807, 2.05) is 18.2 Å². The number of anilines is 1. The lowest BCUT2D eigenvalue weighted by Gasteiger charge is -2.31. The molecule has 1 aliphatic heterocycles. The first-order valence-electron chi connectivity index (χ1n) is 7.15. The average Bonchev–Trinajstić information content (AvgIpc) is 3.09. The predicted molar refractivity (Wildman–Crippen MR) is 81.7 cm³/mol. The summed E-state index contributed by atoms with van der Waals surface area (Å²) in [5.41, 5.74) is 0.984. The van der Waals surface area contributed by atoms with E-state index in [1.165, 1.54) is 6.26 Å². The van der Waals surface area contributed by atoms with Crippen molar-refractivity contribution in [3.05, 3.63) is 42.4 Å². The van der Waals surface area contributed by atoms with Gasteiger partial charge in [0.15, 0.2) is 5.76 Å². The molecular formula is C16H18N2O4. The van der Waals surface area contributed by atoms with Gasteiger partial charge in [-0.25, -0.2) is 0 Å². The van der Waals surface area contributed by atoms with Gasteiger partial charge in [-0.2, -0.15) is 0 Å². The third-order valence-corrected chi connectivity index (χ3v) is 3.54. The maximum Gasteiger partial charge on any atom is 0.287 e. The molecule has 2 aromatic rings. The minimum atomic E-state index is -0.205. The quantitative estimate of drug-likeness (QED) is 0.914. The van der Waals surface area contributed by atoms with E-state index in [-0.39, 0.29) is 5.91 Å². The summed E-state index contributed by atoms with van der Waals surface area (Å²) < 4.78 is 16.0. The van der Waals surface area contributed by atoms with Crippen molar-refractivity contribution in [3.63, 3.8) is 0 Å². The largest absolute Gasteiger partial charge is 0.497 e. The van der Waals surface area contributed by atoms with Crippen LogP contribution in [0.4, 0.5) is 5.69 Å². The number of methoxy groups -OCH3 is 1. The van der Waals surface area contributed by atoms with Gasteiger partial charge in [0.2, 0.25) is 0 Å². The fraction of sp³-hybridized carbons (Fsp3) is 0.312. The van der Waals surface area contributed by atoms with E-state index in [2.05, 4.69) is 10.2 Å². The Morgan fingerprint density at radius 3 is 3.09 bits per heavy atom. The normalized spacial score (nSPS) is 13.2. The summed E-state index contributed by atoms with van der Waals surface area (Å²) in [4.78, 5) is 14.0. The van der Waals surface area contributed by atoms with Crippen molar-refractivity contribution in [2.75, 3.05) is 38.3 Å². The highest BCUT2D eigenvalue weighted by Gasteiger charge is 2.19. The number of hydrogen-bond acceptors (Lipinski definition) is 5. The first-order valence-corrected chi connectivity index (χ1v) is 7.15. The predicted octanol–water partition coefficient (Wildman–Crippen LogP) is 1.92. The SMILES string of the molecule is COc1ccc2c(c1)N(CCNC(=O)c1ccco1)CCO2. The number of fused-ring (bicyclic) bond motifs is 1. The van der Waals surface area contributed by atoms with Crippen molar-refractivity contribution < 1.29 is 18.7 Å². The molecule has 0 bridgehead atoms. The molecule has 1 aromatic heterocycles. The molecule has 1 aromatic carbocycles. The lowest BCUT2D eigenvalue weighted by molar-refractivity contribution is 0.0927. The molecule has 6 nitrogen and oxygen atoms in total. The maximum atomic E-state index is 11.8. The van der Waals surface area contributed by atoms with Gasteiger partial charge in [-0.1, -0.05) is 0 Å². The standard InChI is InChI=1S/C16H18N2O4/c1-20-12-4-5-14-13(11-12)18(8-10-22-14)7-6-17-16(19)15-3-2-9-21-15/h2-5,9,11H,6-8,10H2,1H3,(H,17,19). The van der Waals surface area contributed by atoms with Crippen molar-refractivity contribution >= 4 is 11.6 Å². The van der Waals surface area contributed by atoms with Crippen LogP contribution in [0.3, 0.4) is 0 Å². The Bertz CT molecular complexity index is 640. The van der Waals surface area contributed by atoms with Crippen molar-refractivity contribution in [1.29, 1.82) is 0 Å². The van der Waals surface area contributed by atoms with Gasteiger partial charge in [-0.05, 0) is 24.3 Å². The topological polar surface area (TPSA) is 63.9 Å². The fourth-order valence-electron chi connectivity index (χ4n) is 2.41. The number of furan rings is 1. The Kier molecular flexibility index (Phi) is 4.18. The van der Waals surface area contributed by atoms with Crippen molar-refractivity contribution in [1.82, 2.24) is 5.32 Å². The van der Waals surface area contributed by atoms with E-state index >= 15 is 0 Å². The van der Waals surface area contributed by atoms with Crippen LogP contribution >= 0.6 is 0 Å². The number of nitrogens with zero attached hydrogens (tertiary/aromatic N) is 1. The van der Waals surface area contributed by atoms with E-state index < -0.39 is 0 Å². The molecular weight excluding hydrogens is 284 g/mol. The summed E-state index contributed by atoms with van der Waals surface area (Å²) in [7, 11) is 1.64. The minimum absolute atomic E-state index is 0.205. The Balaban J connectivity index is 1.61. The Morgan fingerprint density at radius 1 is 1.41 bits per heavy atom.